The zero-order valence-electron chi connectivity index (χ0n) is 14.9. The number of esters is 1. The molecule has 0 N–H and O–H groups in total. The van der Waals surface area contributed by atoms with E-state index in [-0.39, 0.29) is 23.5 Å². The van der Waals surface area contributed by atoms with Gasteiger partial charge in [0.15, 0.2) is 16.4 Å². The van der Waals surface area contributed by atoms with E-state index in [9.17, 15) is 4.79 Å². The van der Waals surface area contributed by atoms with Crippen molar-refractivity contribution in [3.05, 3.63) is 78.4 Å². The predicted molar refractivity (Wildman–Crippen MR) is 104 cm³/mol. The molecule has 0 atom stereocenters. The van der Waals surface area contributed by atoms with Crippen molar-refractivity contribution < 1.29 is 19.0 Å². The number of benzene rings is 3. The van der Waals surface area contributed by atoms with E-state index in [0.29, 0.717) is 12.2 Å². The quantitative estimate of drug-likeness (QED) is 0.287. The van der Waals surface area contributed by atoms with Gasteiger partial charge in [0.2, 0.25) is 9.79 Å². The SMILES string of the molecule is COCCOC(=O)c1ccc([S+]2c3ccccc3Oc3ccccc32)cc1. The Labute approximate surface area is 161 Å². The molecule has 0 fully saturated rings. The predicted octanol–water partition coefficient (Wildman–Crippen LogP) is 4.69. The van der Waals surface area contributed by atoms with Gasteiger partial charge in [-0.2, -0.15) is 0 Å². The third-order valence-corrected chi connectivity index (χ3v) is 6.50. The van der Waals surface area contributed by atoms with Gasteiger partial charge in [0.1, 0.15) is 17.5 Å². The Morgan fingerprint density at radius 1 is 0.852 bits per heavy atom. The van der Waals surface area contributed by atoms with Gasteiger partial charge in [0.05, 0.1) is 12.2 Å². The largest absolute Gasteiger partial charge is 0.460 e. The molecule has 1 aliphatic rings. The molecule has 136 valence electrons. The van der Waals surface area contributed by atoms with Crippen molar-refractivity contribution in [2.75, 3.05) is 20.3 Å². The second-order valence-electron chi connectivity index (χ2n) is 5.95. The molecule has 27 heavy (non-hydrogen) atoms. The second-order valence-corrected chi connectivity index (χ2v) is 7.92. The Bertz CT molecular complexity index is 907. The molecular weight excluding hydrogens is 360 g/mol. The number of carbonyl (C=O) groups is 1. The van der Waals surface area contributed by atoms with Gasteiger partial charge in [0.25, 0.3) is 0 Å². The number of carbonyl (C=O) groups excluding carboxylic acids is 1. The molecule has 1 heterocycles. The average Bonchev–Trinajstić information content (AvgIpc) is 2.72. The number of ether oxygens (including phenoxy) is 3. The topological polar surface area (TPSA) is 44.8 Å². The van der Waals surface area contributed by atoms with Crippen LogP contribution < -0.4 is 4.74 Å². The highest BCUT2D eigenvalue weighted by Gasteiger charge is 2.38. The fraction of sp³-hybridized carbons (Fsp3) is 0.136. The van der Waals surface area contributed by atoms with Crippen LogP contribution in [0.25, 0.3) is 0 Å². The lowest BCUT2D eigenvalue weighted by molar-refractivity contribution is 0.0388. The van der Waals surface area contributed by atoms with Crippen molar-refractivity contribution in [1.82, 2.24) is 0 Å². The molecule has 5 heteroatoms. The lowest BCUT2D eigenvalue weighted by atomic mass is 10.2. The highest BCUT2D eigenvalue weighted by atomic mass is 32.2. The van der Waals surface area contributed by atoms with E-state index >= 15 is 0 Å². The van der Waals surface area contributed by atoms with Crippen LogP contribution in [0, 0.1) is 0 Å². The van der Waals surface area contributed by atoms with Crippen LogP contribution in [0.2, 0.25) is 0 Å². The monoisotopic (exact) mass is 379 g/mol. The van der Waals surface area contributed by atoms with Gasteiger partial charge in [-0.25, -0.2) is 4.79 Å². The van der Waals surface area contributed by atoms with Gasteiger partial charge < -0.3 is 14.2 Å². The van der Waals surface area contributed by atoms with Gasteiger partial charge >= 0.3 is 5.97 Å². The van der Waals surface area contributed by atoms with Crippen molar-refractivity contribution in [3.63, 3.8) is 0 Å². The van der Waals surface area contributed by atoms with E-state index in [1.807, 2.05) is 60.7 Å². The molecule has 1 aliphatic heterocycles. The minimum absolute atomic E-state index is 0.250. The Balaban J connectivity index is 1.66. The Morgan fingerprint density at radius 2 is 1.44 bits per heavy atom. The third kappa shape index (κ3) is 3.56. The van der Waals surface area contributed by atoms with Gasteiger partial charge in [-0.1, -0.05) is 24.3 Å². The molecule has 0 aliphatic carbocycles. The van der Waals surface area contributed by atoms with Gasteiger partial charge in [-0.3, -0.25) is 0 Å². The fourth-order valence-corrected chi connectivity index (χ4v) is 5.13. The van der Waals surface area contributed by atoms with Crippen LogP contribution in [0.5, 0.6) is 11.5 Å². The molecule has 0 radical (unpaired) electrons. The summed E-state index contributed by atoms with van der Waals surface area (Å²) >= 11 is 0. The molecule has 0 saturated heterocycles. The molecule has 3 aromatic carbocycles. The van der Waals surface area contributed by atoms with Crippen molar-refractivity contribution in [1.29, 1.82) is 0 Å². The molecule has 0 aromatic heterocycles. The van der Waals surface area contributed by atoms with Crippen LogP contribution >= 0.6 is 0 Å². The summed E-state index contributed by atoms with van der Waals surface area (Å²) in [6, 6.07) is 23.8. The molecule has 0 bridgehead atoms. The highest BCUT2D eigenvalue weighted by Crippen LogP contribution is 2.46. The summed E-state index contributed by atoms with van der Waals surface area (Å²) in [5.74, 6) is 1.42. The number of methoxy groups -OCH3 is 1. The normalized spacial score (nSPS) is 12.6. The zero-order chi connectivity index (χ0) is 18.6. The van der Waals surface area contributed by atoms with Crippen molar-refractivity contribution in [3.8, 4) is 11.5 Å². The first-order chi connectivity index (χ1) is 13.3. The van der Waals surface area contributed by atoms with Crippen LogP contribution in [-0.2, 0) is 20.4 Å². The Hall–Kier alpha value is -2.76. The molecule has 0 saturated carbocycles. The van der Waals surface area contributed by atoms with Gasteiger partial charge in [-0.05, 0) is 48.5 Å². The minimum atomic E-state index is -0.338. The van der Waals surface area contributed by atoms with E-state index < -0.39 is 0 Å². The van der Waals surface area contributed by atoms with Crippen LogP contribution in [0.4, 0.5) is 0 Å². The lowest BCUT2D eigenvalue weighted by Crippen LogP contribution is -2.13. The maximum Gasteiger partial charge on any atom is 0.338 e. The van der Waals surface area contributed by atoms with Crippen LogP contribution in [0.3, 0.4) is 0 Å². The van der Waals surface area contributed by atoms with Crippen molar-refractivity contribution >= 4 is 16.9 Å². The third-order valence-electron chi connectivity index (χ3n) is 4.20. The summed E-state index contributed by atoms with van der Waals surface area (Å²) in [5.41, 5.74) is 0.535. The molecule has 4 rings (SSSR count). The molecule has 4 nitrogen and oxygen atoms in total. The summed E-state index contributed by atoms with van der Waals surface area (Å²) in [6.07, 6.45) is 0. The van der Waals surface area contributed by atoms with Crippen LogP contribution in [0.1, 0.15) is 10.4 Å². The van der Waals surface area contributed by atoms with Crippen LogP contribution in [-0.4, -0.2) is 26.3 Å². The van der Waals surface area contributed by atoms with Crippen LogP contribution in [0.15, 0.2) is 87.5 Å². The standard InChI is InChI=1S/C22H19O4S/c1-24-14-15-25-22(23)16-10-12-17(13-11-16)27-20-8-4-2-6-18(20)26-19-7-3-5-9-21(19)27/h2-13H,14-15H2,1H3/q+1. The van der Waals surface area contributed by atoms with Gasteiger partial charge in [-0.15, -0.1) is 0 Å². The van der Waals surface area contributed by atoms with E-state index in [0.717, 1.165) is 26.2 Å². The first-order valence-electron chi connectivity index (χ1n) is 8.64. The number of hydrogen-bond acceptors (Lipinski definition) is 4. The van der Waals surface area contributed by atoms with E-state index in [1.54, 1.807) is 7.11 Å². The van der Waals surface area contributed by atoms with Crippen molar-refractivity contribution in [2.24, 2.45) is 0 Å². The Kier molecular flexibility index (Phi) is 5.14. The summed E-state index contributed by atoms with van der Waals surface area (Å²) in [4.78, 5) is 15.5. The zero-order valence-corrected chi connectivity index (χ0v) is 15.7. The average molecular weight is 379 g/mol. The summed E-state index contributed by atoms with van der Waals surface area (Å²) in [6.45, 7) is 0.639. The van der Waals surface area contributed by atoms with E-state index in [4.69, 9.17) is 14.2 Å². The molecule has 0 spiro atoms. The lowest BCUT2D eigenvalue weighted by Gasteiger charge is -2.19. The maximum atomic E-state index is 12.1. The number of rotatable bonds is 5. The van der Waals surface area contributed by atoms with Crippen molar-refractivity contribution in [2.45, 2.75) is 14.7 Å². The smallest absolute Gasteiger partial charge is 0.338 e. The first-order valence-corrected chi connectivity index (χ1v) is 9.87. The summed E-state index contributed by atoms with van der Waals surface area (Å²) in [7, 11) is 1.29. The first kappa shape index (κ1) is 17.6. The Morgan fingerprint density at radius 3 is 2.04 bits per heavy atom. The van der Waals surface area contributed by atoms with E-state index in [1.165, 1.54) is 0 Å². The molecule has 0 unspecified atom stereocenters. The minimum Gasteiger partial charge on any atom is -0.460 e. The second kappa shape index (κ2) is 7.86. The molecule has 3 aromatic rings. The highest BCUT2D eigenvalue weighted by molar-refractivity contribution is 7.97. The number of para-hydroxylation sites is 2. The van der Waals surface area contributed by atoms with E-state index in [2.05, 4.69) is 12.1 Å². The summed E-state index contributed by atoms with van der Waals surface area (Å²) in [5, 5.41) is 0. The fourth-order valence-electron chi connectivity index (χ4n) is 2.93. The maximum absolute atomic E-state index is 12.1. The number of fused-ring (bicyclic) bond motifs is 2. The van der Waals surface area contributed by atoms with Gasteiger partial charge in [0, 0.05) is 7.11 Å². The molecule has 0 amide bonds. The molecular formula is C22H19O4S+. The summed E-state index contributed by atoms with van der Waals surface area (Å²) < 4.78 is 16.2. The number of hydrogen-bond donors (Lipinski definition) is 0.